The van der Waals surface area contributed by atoms with E-state index in [4.69, 9.17) is 5.73 Å². The molecule has 0 saturated carbocycles. The Bertz CT molecular complexity index is 514. The van der Waals surface area contributed by atoms with Crippen molar-refractivity contribution in [2.45, 2.75) is 19.1 Å². The minimum absolute atomic E-state index is 0.719. The first kappa shape index (κ1) is 11.4. The second kappa shape index (κ2) is 4.23. The summed E-state index contributed by atoms with van der Waals surface area (Å²) in [5.41, 5.74) is 10.8. The number of rotatable bonds is 1. The molecule has 0 aromatic heterocycles. The van der Waals surface area contributed by atoms with E-state index in [9.17, 15) is 0 Å². The van der Waals surface area contributed by atoms with Crippen LogP contribution in [0.1, 0.15) is 18.9 Å². The van der Waals surface area contributed by atoms with Gasteiger partial charge in [0.15, 0.2) is 5.79 Å². The van der Waals surface area contributed by atoms with Gasteiger partial charge in [-0.25, -0.2) is 4.99 Å². The maximum Gasteiger partial charge on any atom is 0.179 e. The molecule has 0 aliphatic carbocycles. The minimum atomic E-state index is -0.719. The summed E-state index contributed by atoms with van der Waals surface area (Å²) in [5, 5.41) is 6.66. The third kappa shape index (κ3) is 2.05. The largest absolute Gasteiger partial charge is 0.351 e. The third-order valence-corrected chi connectivity index (χ3v) is 3.30. The maximum atomic E-state index is 6.15. The lowest BCUT2D eigenvalue weighted by atomic mass is 9.93. The van der Waals surface area contributed by atoms with Crippen molar-refractivity contribution < 1.29 is 0 Å². The molecule has 3 rings (SSSR count). The summed E-state index contributed by atoms with van der Waals surface area (Å²) >= 11 is 0. The summed E-state index contributed by atoms with van der Waals surface area (Å²) < 4.78 is 0. The Morgan fingerprint density at radius 3 is 2.83 bits per heavy atom. The van der Waals surface area contributed by atoms with Crippen molar-refractivity contribution in [1.82, 2.24) is 10.6 Å². The molecule has 4 nitrogen and oxygen atoms in total. The van der Waals surface area contributed by atoms with E-state index in [2.05, 4.69) is 27.8 Å². The fourth-order valence-corrected chi connectivity index (χ4v) is 2.53. The zero-order chi connectivity index (χ0) is 12.6. The van der Waals surface area contributed by atoms with Gasteiger partial charge >= 0.3 is 0 Å². The van der Waals surface area contributed by atoms with Gasteiger partial charge in [0.1, 0.15) is 0 Å². The molecule has 1 aromatic carbocycles. The van der Waals surface area contributed by atoms with Crippen LogP contribution in [0.5, 0.6) is 0 Å². The Hall–Kier alpha value is -1.65. The predicted molar refractivity (Wildman–Crippen MR) is 73.2 cm³/mol. The van der Waals surface area contributed by atoms with Gasteiger partial charge in [0.2, 0.25) is 0 Å². The van der Waals surface area contributed by atoms with Crippen LogP contribution >= 0.6 is 0 Å². The fourth-order valence-electron chi connectivity index (χ4n) is 2.53. The lowest BCUT2D eigenvalue weighted by Crippen LogP contribution is -2.54. The molecular weight excluding hydrogens is 224 g/mol. The van der Waals surface area contributed by atoms with Gasteiger partial charge in [-0.05, 0) is 25.5 Å². The summed E-state index contributed by atoms with van der Waals surface area (Å²) in [5.74, 6) is -0.719. The zero-order valence-electron chi connectivity index (χ0n) is 10.5. The highest BCUT2D eigenvalue weighted by Gasteiger charge is 2.29. The monoisotopic (exact) mass is 242 g/mol. The number of nitrogens with two attached hydrogens (primary N) is 1. The molecule has 0 fully saturated rings. The van der Waals surface area contributed by atoms with Gasteiger partial charge in [-0.2, -0.15) is 0 Å². The normalized spacial score (nSPS) is 27.3. The molecule has 1 unspecified atom stereocenters. The molecule has 94 valence electrons. The lowest BCUT2D eigenvalue weighted by Gasteiger charge is -2.35. The second-order valence-electron chi connectivity index (χ2n) is 4.98. The molecule has 2 aliphatic heterocycles. The maximum absolute atomic E-state index is 6.15. The minimum Gasteiger partial charge on any atom is -0.351 e. The molecule has 0 spiro atoms. The SMILES string of the molecule is CC1(N)N=C(c2ccccc2)C2=C(CNCC2)N1. The van der Waals surface area contributed by atoms with E-state index in [0.29, 0.717) is 0 Å². The van der Waals surface area contributed by atoms with Crippen LogP contribution in [0.25, 0.3) is 0 Å². The highest BCUT2D eigenvalue weighted by Crippen LogP contribution is 2.24. The molecule has 2 heterocycles. The van der Waals surface area contributed by atoms with Crippen molar-refractivity contribution in [3.05, 3.63) is 47.2 Å². The summed E-state index contributed by atoms with van der Waals surface area (Å²) in [6.07, 6.45) is 0.992. The summed E-state index contributed by atoms with van der Waals surface area (Å²) in [6, 6.07) is 10.3. The first-order valence-electron chi connectivity index (χ1n) is 6.31. The van der Waals surface area contributed by atoms with E-state index in [1.807, 2.05) is 25.1 Å². The molecule has 18 heavy (non-hydrogen) atoms. The summed E-state index contributed by atoms with van der Waals surface area (Å²) in [6.45, 7) is 3.73. The van der Waals surface area contributed by atoms with Gasteiger partial charge in [-0.15, -0.1) is 0 Å². The molecule has 0 radical (unpaired) electrons. The van der Waals surface area contributed by atoms with E-state index >= 15 is 0 Å². The third-order valence-electron chi connectivity index (χ3n) is 3.30. The Kier molecular flexibility index (Phi) is 2.69. The van der Waals surface area contributed by atoms with Crippen LogP contribution in [0.4, 0.5) is 0 Å². The first-order valence-corrected chi connectivity index (χ1v) is 6.31. The molecule has 4 N–H and O–H groups in total. The highest BCUT2D eigenvalue weighted by molar-refractivity contribution is 6.13. The average Bonchev–Trinajstić information content (AvgIpc) is 2.38. The lowest BCUT2D eigenvalue weighted by molar-refractivity contribution is 0.402. The molecule has 1 aromatic rings. The number of hydrogen-bond acceptors (Lipinski definition) is 4. The topological polar surface area (TPSA) is 62.4 Å². The van der Waals surface area contributed by atoms with Gasteiger partial charge in [0.05, 0.1) is 5.71 Å². The van der Waals surface area contributed by atoms with E-state index in [1.165, 1.54) is 11.3 Å². The van der Waals surface area contributed by atoms with Crippen LogP contribution in [0.3, 0.4) is 0 Å². The van der Waals surface area contributed by atoms with Crippen molar-refractivity contribution in [3.8, 4) is 0 Å². The van der Waals surface area contributed by atoms with Gasteiger partial charge in [-0.3, -0.25) is 5.73 Å². The fraction of sp³-hybridized carbons (Fsp3) is 0.357. The van der Waals surface area contributed by atoms with Crippen LogP contribution in [-0.2, 0) is 0 Å². The predicted octanol–water partition coefficient (Wildman–Crippen LogP) is 0.959. The molecular formula is C14H18N4. The number of nitrogens with one attached hydrogen (secondary N) is 2. The van der Waals surface area contributed by atoms with E-state index in [1.54, 1.807) is 0 Å². The van der Waals surface area contributed by atoms with Crippen molar-refractivity contribution in [2.24, 2.45) is 10.7 Å². The van der Waals surface area contributed by atoms with Crippen LogP contribution in [-0.4, -0.2) is 24.6 Å². The van der Waals surface area contributed by atoms with Gasteiger partial charge in [0, 0.05) is 17.8 Å². The van der Waals surface area contributed by atoms with E-state index in [0.717, 1.165) is 30.8 Å². The van der Waals surface area contributed by atoms with Crippen LogP contribution in [0, 0.1) is 0 Å². The zero-order valence-corrected chi connectivity index (χ0v) is 10.5. The van der Waals surface area contributed by atoms with Crippen molar-refractivity contribution in [3.63, 3.8) is 0 Å². The molecule has 0 amide bonds. The molecule has 0 saturated heterocycles. The van der Waals surface area contributed by atoms with E-state index < -0.39 is 5.79 Å². The molecule has 1 atom stereocenters. The first-order chi connectivity index (χ1) is 8.66. The number of nitrogens with zero attached hydrogens (tertiary/aromatic N) is 1. The van der Waals surface area contributed by atoms with Crippen molar-refractivity contribution in [1.29, 1.82) is 0 Å². The van der Waals surface area contributed by atoms with Crippen molar-refractivity contribution >= 4 is 5.71 Å². The van der Waals surface area contributed by atoms with Crippen molar-refractivity contribution in [2.75, 3.05) is 13.1 Å². The molecule has 0 bridgehead atoms. The standard InChI is InChI=1S/C14H18N4/c1-14(15)17-12-9-16-8-7-11(12)13(18-14)10-5-3-2-4-6-10/h2-6,16-17H,7-9,15H2,1H3. The number of benzene rings is 1. The molecule has 4 heteroatoms. The van der Waals surface area contributed by atoms with Crippen LogP contribution < -0.4 is 16.4 Å². The quantitative estimate of drug-likeness (QED) is 0.687. The Balaban J connectivity index is 2.09. The van der Waals surface area contributed by atoms with Gasteiger partial charge in [0.25, 0.3) is 0 Å². The molecule has 2 aliphatic rings. The summed E-state index contributed by atoms with van der Waals surface area (Å²) in [7, 11) is 0. The number of hydrogen-bond donors (Lipinski definition) is 3. The average molecular weight is 242 g/mol. The Labute approximate surface area is 107 Å². The van der Waals surface area contributed by atoms with Gasteiger partial charge in [-0.1, -0.05) is 30.3 Å². The Morgan fingerprint density at radius 2 is 2.06 bits per heavy atom. The number of aliphatic imine (C=N–C) groups is 1. The smallest absolute Gasteiger partial charge is 0.179 e. The second-order valence-corrected chi connectivity index (χ2v) is 4.98. The van der Waals surface area contributed by atoms with Crippen LogP contribution in [0.2, 0.25) is 0 Å². The van der Waals surface area contributed by atoms with Gasteiger partial charge < -0.3 is 10.6 Å². The van der Waals surface area contributed by atoms with E-state index in [-0.39, 0.29) is 0 Å². The summed E-state index contributed by atoms with van der Waals surface area (Å²) in [4.78, 5) is 4.67. The highest BCUT2D eigenvalue weighted by atomic mass is 15.3. The Morgan fingerprint density at radius 1 is 1.28 bits per heavy atom. The van der Waals surface area contributed by atoms with Crippen LogP contribution in [0.15, 0.2) is 46.6 Å².